The summed E-state index contributed by atoms with van der Waals surface area (Å²) in [6.45, 7) is 6.57. The number of hydrogen-bond acceptors (Lipinski definition) is 6. The second kappa shape index (κ2) is 67.6. The molecule has 0 spiro atoms. The van der Waals surface area contributed by atoms with Crippen molar-refractivity contribution in [1.82, 2.24) is 0 Å². The zero-order valence-electron chi connectivity index (χ0n) is 52.9. The van der Waals surface area contributed by atoms with Crippen molar-refractivity contribution in [2.24, 2.45) is 0 Å². The standard InChI is InChI=1S/C73H132O6/c1-4-7-10-13-16-19-22-24-26-28-30-32-34-36-37-38-40-41-43-45-47-49-51-54-57-60-63-66-72(75)78-69-70(68-77-71(74)65-62-59-56-53-21-18-15-12-9-6-3)79-73(76)67-64-61-58-55-52-50-48-46-44-42-39-35-33-31-29-27-25-23-20-17-14-11-8-5-2/h7,10,16,19,24,26,30,32,36-37,70H,4-6,8-9,11-15,17-18,20-23,25,27-29,31,33-35,38-69H2,1-3H3/b10-7-,19-16-,26-24-,32-30-,37-36-. The van der Waals surface area contributed by atoms with Gasteiger partial charge in [0.1, 0.15) is 13.2 Å². The topological polar surface area (TPSA) is 78.9 Å². The fourth-order valence-corrected chi connectivity index (χ4v) is 10.4. The number of allylic oxidation sites excluding steroid dienone is 10. The summed E-state index contributed by atoms with van der Waals surface area (Å²) in [4.78, 5) is 38.3. The quantitative estimate of drug-likeness (QED) is 0.0261. The molecule has 460 valence electrons. The number of esters is 3. The lowest BCUT2D eigenvalue weighted by atomic mass is 10.0. The predicted molar refractivity (Wildman–Crippen MR) is 344 cm³/mol. The van der Waals surface area contributed by atoms with Crippen molar-refractivity contribution < 1.29 is 28.6 Å². The van der Waals surface area contributed by atoms with Gasteiger partial charge in [0, 0.05) is 19.3 Å². The predicted octanol–water partition coefficient (Wildman–Crippen LogP) is 23.9. The van der Waals surface area contributed by atoms with Gasteiger partial charge in [-0.15, -0.1) is 0 Å². The summed E-state index contributed by atoms with van der Waals surface area (Å²) < 4.78 is 17.0. The molecule has 0 saturated heterocycles. The van der Waals surface area contributed by atoms with Gasteiger partial charge in [-0.3, -0.25) is 14.4 Å². The van der Waals surface area contributed by atoms with Crippen molar-refractivity contribution >= 4 is 17.9 Å². The SMILES string of the molecule is CC/C=C\C/C=C\C/C=C\C/C=C\C/C=C\CCCCCCCCCCCCCC(=O)OCC(COC(=O)CCCCCCCCCCCC)OC(=O)CCCCCCCCCCCCCCCCCCCCCCCCCC. The minimum atomic E-state index is -0.772. The maximum atomic E-state index is 12.9. The molecule has 0 radical (unpaired) electrons. The molecular formula is C73H132O6. The second-order valence-corrected chi connectivity index (χ2v) is 23.4. The van der Waals surface area contributed by atoms with Crippen LogP contribution in [0.25, 0.3) is 0 Å². The minimum absolute atomic E-state index is 0.0693. The average Bonchev–Trinajstić information content (AvgIpc) is 3.45. The molecule has 0 aromatic heterocycles. The first-order valence-electron chi connectivity index (χ1n) is 34.8. The lowest BCUT2D eigenvalue weighted by Gasteiger charge is -2.18. The highest BCUT2D eigenvalue weighted by Gasteiger charge is 2.19. The van der Waals surface area contributed by atoms with Crippen molar-refractivity contribution in [3.63, 3.8) is 0 Å². The molecule has 6 nitrogen and oxygen atoms in total. The molecule has 0 aromatic rings. The van der Waals surface area contributed by atoms with E-state index in [1.54, 1.807) is 0 Å². The van der Waals surface area contributed by atoms with Gasteiger partial charge in [-0.2, -0.15) is 0 Å². The molecule has 79 heavy (non-hydrogen) atoms. The Hall–Kier alpha value is -2.89. The molecule has 0 rings (SSSR count). The summed E-state index contributed by atoms with van der Waals surface area (Å²) in [5.41, 5.74) is 0. The fourth-order valence-electron chi connectivity index (χ4n) is 10.4. The van der Waals surface area contributed by atoms with Gasteiger partial charge in [-0.1, -0.05) is 345 Å². The third-order valence-corrected chi connectivity index (χ3v) is 15.5. The van der Waals surface area contributed by atoms with E-state index in [1.807, 2.05) is 0 Å². The Morgan fingerprint density at radius 2 is 0.494 bits per heavy atom. The first-order valence-corrected chi connectivity index (χ1v) is 34.8. The second-order valence-electron chi connectivity index (χ2n) is 23.4. The molecule has 1 atom stereocenters. The molecule has 0 aliphatic carbocycles. The minimum Gasteiger partial charge on any atom is -0.462 e. The molecule has 1 unspecified atom stereocenters. The molecule has 0 saturated carbocycles. The van der Waals surface area contributed by atoms with Gasteiger partial charge in [0.05, 0.1) is 0 Å². The van der Waals surface area contributed by atoms with Crippen LogP contribution >= 0.6 is 0 Å². The number of unbranched alkanes of at least 4 members (excludes halogenated alkanes) is 43. The maximum Gasteiger partial charge on any atom is 0.306 e. The Morgan fingerprint density at radius 1 is 0.266 bits per heavy atom. The first-order chi connectivity index (χ1) is 39.0. The molecule has 0 bridgehead atoms. The van der Waals surface area contributed by atoms with Gasteiger partial charge in [-0.25, -0.2) is 0 Å². The van der Waals surface area contributed by atoms with E-state index in [0.29, 0.717) is 19.3 Å². The Bertz CT molecular complexity index is 1410. The smallest absolute Gasteiger partial charge is 0.306 e. The van der Waals surface area contributed by atoms with E-state index in [-0.39, 0.29) is 31.1 Å². The Kier molecular flexibility index (Phi) is 65.1. The molecule has 0 aliphatic heterocycles. The fraction of sp³-hybridized carbons (Fsp3) is 0.822. The van der Waals surface area contributed by atoms with Gasteiger partial charge in [0.25, 0.3) is 0 Å². The number of ether oxygens (including phenoxy) is 3. The van der Waals surface area contributed by atoms with Crippen LogP contribution in [0.2, 0.25) is 0 Å². The highest BCUT2D eigenvalue weighted by Crippen LogP contribution is 2.18. The number of carbonyl (C=O) groups is 3. The Balaban J connectivity index is 4.17. The molecule has 0 fully saturated rings. The van der Waals surface area contributed by atoms with Crippen LogP contribution in [0, 0.1) is 0 Å². The maximum absolute atomic E-state index is 12.9. The Morgan fingerprint density at radius 3 is 0.772 bits per heavy atom. The van der Waals surface area contributed by atoms with Gasteiger partial charge in [-0.05, 0) is 64.2 Å². The largest absolute Gasteiger partial charge is 0.462 e. The van der Waals surface area contributed by atoms with E-state index in [4.69, 9.17) is 14.2 Å². The highest BCUT2D eigenvalue weighted by molar-refractivity contribution is 5.71. The van der Waals surface area contributed by atoms with E-state index in [0.717, 1.165) is 89.9 Å². The van der Waals surface area contributed by atoms with E-state index in [2.05, 4.69) is 81.5 Å². The Labute approximate surface area is 491 Å². The molecule has 0 aromatic carbocycles. The van der Waals surface area contributed by atoms with E-state index in [9.17, 15) is 14.4 Å². The van der Waals surface area contributed by atoms with Crippen LogP contribution in [-0.2, 0) is 28.6 Å². The van der Waals surface area contributed by atoms with Crippen molar-refractivity contribution in [2.75, 3.05) is 13.2 Å². The highest BCUT2D eigenvalue weighted by atomic mass is 16.6. The molecule has 0 aliphatic rings. The molecule has 0 amide bonds. The third kappa shape index (κ3) is 65.8. The van der Waals surface area contributed by atoms with Crippen molar-refractivity contribution in [2.45, 2.75) is 374 Å². The van der Waals surface area contributed by atoms with Crippen molar-refractivity contribution in [3.05, 3.63) is 60.8 Å². The number of rotatable bonds is 64. The lowest BCUT2D eigenvalue weighted by Crippen LogP contribution is -2.30. The van der Waals surface area contributed by atoms with E-state index >= 15 is 0 Å². The summed E-state index contributed by atoms with van der Waals surface area (Å²) >= 11 is 0. The van der Waals surface area contributed by atoms with Crippen LogP contribution in [-0.4, -0.2) is 37.2 Å². The van der Waals surface area contributed by atoms with Gasteiger partial charge >= 0.3 is 17.9 Å². The van der Waals surface area contributed by atoms with Crippen LogP contribution in [0.5, 0.6) is 0 Å². The first kappa shape index (κ1) is 76.1. The molecular weight excluding hydrogens is 973 g/mol. The summed E-state index contributed by atoms with van der Waals surface area (Å²) in [6.07, 6.45) is 86.8. The van der Waals surface area contributed by atoms with Crippen molar-refractivity contribution in [3.8, 4) is 0 Å². The summed E-state index contributed by atoms with van der Waals surface area (Å²) in [7, 11) is 0. The zero-order chi connectivity index (χ0) is 57.1. The van der Waals surface area contributed by atoms with Gasteiger partial charge < -0.3 is 14.2 Å². The van der Waals surface area contributed by atoms with E-state index < -0.39 is 6.10 Å². The van der Waals surface area contributed by atoms with Crippen LogP contribution < -0.4 is 0 Å². The molecule has 6 heteroatoms. The average molecular weight is 1110 g/mol. The molecule has 0 N–H and O–H groups in total. The zero-order valence-corrected chi connectivity index (χ0v) is 52.9. The molecule has 0 heterocycles. The van der Waals surface area contributed by atoms with Gasteiger partial charge in [0.2, 0.25) is 0 Å². The number of carbonyl (C=O) groups excluding carboxylic acids is 3. The van der Waals surface area contributed by atoms with Crippen LogP contribution in [0.3, 0.4) is 0 Å². The van der Waals surface area contributed by atoms with E-state index in [1.165, 1.54) is 238 Å². The lowest BCUT2D eigenvalue weighted by molar-refractivity contribution is -0.167. The summed E-state index contributed by atoms with van der Waals surface area (Å²) in [5, 5.41) is 0. The van der Waals surface area contributed by atoms with Crippen LogP contribution in [0.15, 0.2) is 60.8 Å². The monoisotopic (exact) mass is 1110 g/mol. The van der Waals surface area contributed by atoms with Gasteiger partial charge in [0.15, 0.2) is 6.10 Å². The summed E-state index contributed by atoms with van der Waals surface area (Å²) in [5.74, 6) is -0.850. The van der Waals surface area contributed by atoms with Crippen LogP contribution in [0.4, 0.5) is 0 Å². The normalized spacial score (nSPS) is 12.4. The van der Waals surface area contributed by atoms with Crippen LogP contribution in [0.1, 0.15) is 367 Å². The number of hydrogen-bond donors (Lipinski definition) is 0. The van der Waals surface area contributed by atoms with Crippen molar-refractivity contribution in [1.29, 1.82) is 0 Å². The summed E-state index contributed by atoms with van der Waals surface area (Å²) in [6, 6.07) is 0. The third-order valence-electron chi connectivity index (χ3n) is 15.5.